The van der Waals surface area contributed by atoms with Gasteiger partial charge in [0.05, 0.1) is 0 Å². The van der Waals surface area contributed by atoms with Gasteiger partial charge in [-0.2, -0.15) is 0 Å². The summed E-state index contributed by atoms with van der Waals surface area (Å²) in [5.41, 5.74) is 0.719. The standard InChI is InChI=1S/C14H16O3/c1-10(2)13(16)9-8-12-6-4-5-7-14(12)17-11(3)15/h4-10H,1-3H3/b9-8-. The van der Waals surface area contributed by atoms with Gasteiger partial charge >= 0.3 is 5.97 Å². The Morgan fingerprint density at radius 3 is 2.47 bits per heavy atom. The summed E-state index contributed by atoms with van der Waals surface area (Å²) in [6.45, 7) is 5.02. The van der Waals surface area contributed by atoms with Crippen LogP contribution in [0.2, 0.25) is 0 Å². The number of para-hydroxylation sites is 1. The van der Waals surface area contributed by atoms with E-state index in [1.165, 1.54) is 13.0 Å². The molecular weight excluding hydrogens is 216 g/mol. The van der Waals surface area contributed by atoms with Crippen molar-refractivity contribution >= 4 is 17.8 Å². The van der Waals surface area contributed by atoms with E-state index in [-0.39, 0.29) is 17.7 Å². The van der Waals surface area contributed by atoms with Crippen molar-refractivity contribution in [1.82, 2.24) is 0 Å². The second kappa shape index (κ2) is 5.99. The van der Waals surface area contributed by atoms with Crippen LogP contribution >= 0.6 is 0 Å². The summed E-state index contributed by atoms with van der Waals surface area (Å²) < 4.78 is 5.04. The van der Waals surface area contributed by atoms with Gasteiger partial charge in [-0.3, -0.25) is 9.59 Å². The first-order chi connectivity index (χ1) is 8.00. The number of esters is 1. The number of hydrogen-bond acceptors (Lipinski definition) is 3. The van der Waals surface area contributed by atoms with Gasteiger partial charge in [0.1, 0.15) is 5.75 Å². The number of ketones is 1. The van der Waals surface area contributed by atoms with Crippen molar-refractivity contribution in [2.24, 2.45) is 5.92 Å². The van der Waals surface area contributed by atoms with Gasteiger partial charge in [-0.25, -0.2) is 0 Å². The number of rotatable bonds is 4. The van der Waals surface area contributed by atoms with Crippen LogP contribution in [0.25, 0.3) is 6.08 Å². The predicted octanol–water partition coefficient (Wildman–Crippen LogP) is 2.85. The van der Waals surface area contributed by atoms with E-state index >= 15 is 0 Å². The molecule has 0 saturated carbocycles. The third-order valence-electron chi connectivity index (χ3n) is 2.17. The normalized spacial score (nSPS) is 10.8. The van der Waals surface area contributed by atoms with Crippen molar-refractivity contribution in [3.63, 3.8) is 0 Å². The summed E-state index contributed by atoms with van der Waals surface area (Å²) in [6.07, 6.45) is 3.17. The number of carbonyl (C=O) groups is 2. The molecule has 1 aromatic carbocycles. The topological polar surface area (TPSA) is 43.4 Å². The zero-order valence-electron chi connectivity index (χ0n) is 10.3. The maximum atomic E-state index is 11.5. The molecule has 0 amide bonds. The zero-order valence-corrected chi connectivity index (χ0v) is 10.3. The second-order valence-corrected chi connectivity index (χ2v) is 4.02. The Hall–Kier alpha value is -1.90. The molecule has 1 aromatic rings. The number of ether oxygens (including phenoxy) is 1. The van der Waals surface area contributed by atoms with Gasteiger partial charge in [0, 0.05) is 18.4 Å². The Morgan fingerprint density at radius 1 is 1.24 bits per heavy atom. The van der Waals surface area contributed by atoms with E-state index in [0.29, 0.717) is 5.75 Å². The third kappa shape index (κ3) is 4.23. The van der Waals surface area contributed by atoms with Gasteiger partial charge in [-0.15, -0.1) is 0 Å². The molecule has 3 heteroatoms. The van der Waals surface area contributed by atoms with Crippen molar-refractivity contribution in [2.75, 3.05) is 0 Å². The van der Waals surface area contributed by atoms with E-state index in [2.05, 4.69) is 0 Å². The lowest BCUT2D eigenvalue weighted by atomic mass is 10.1. The Kier molecular flexibility index (Phi) is 4.64. The van der Waals surface area contributed by atoms with Crippen molar-refractivity contribution in [1.29, 1.82) is 0 Å². The summed E-state index contributed by atoms with van der Waals surface area (Å²) in [6, 6.07) is 7.09. The van der Waals surface area contributed by atoms with Crippen LogP contribution in [-0.2, 0) is 9.59 Å². The first-order valence-electron chi connectivity index (χ1n) is 5.50. The van der Waals surface area contributed by atoms with E-state index in [0.717, 1.165) is 5.56 Å². The van der Waals surface area contributed by atoms with Crippen molar-refractivity contribution in [3.8, 4) is 5.75 Å². The predicted molar refractivity (Wildman–Crippen MR) is 66.6 cm³/mol. The van der Waals surface area contributed by atoms with Gasteiger partial charge < -0.3 is 4.74 Å². The zero-order chi connectivity index (χ0) is 12.8. The van der Waals surface area contributed by atoms with Crippen LogP contribution in [-0.4, -0.2) is 11.8 Å². The van der Waals surface area contributed by atoms with Crippen LogP contribution in [0.3, 0.4) is 0 Å². The second-order valence-electron chi connectivity index (χ2n) is 4.02. The molecule has 1 rings (SSSR count). The molecule has 0 radical (unpaired) electrons. The van der Waals surface area contributed by atoms with Gasteiger partial charge in [-0.05, 0) is 18.2 Å². The number of carbonyl (C=O) groups excluding carboxylic acids is 2. The van der Waals surface area contributed by atoms with Crippen LogP contribution < -0.4 is 4.74 Å². The minimum Gasteiger partial charge on any atom is -0.426 e. The van der Waals surface area contributed by atoms with Crippen LogP contribution in [0.1, 0.15) is 26.3 Å². The van der Waals surface area contributed by atoms with Crippen LogP contribution in [0, 0.1) is 5.92 Å². The van der Waals surface area contributed by atoms with Gasteiger partial charge in [0.15, 0.2) is 5.78 Å². The lowest BCUT2D eigenvalue weighted by Gasteiger charge is -2.04. The first kappa shape index (κ1) is 13.2. The molecule has 0 aliphatic heterocycles. The Balaban J connectivity index is 2.90. The van der Waals surface area contributed by atoms with Crippen molar-refractivity contribution in [2.45, 2.75) is 20.8 Å². The van der Waals surface area contributed by atoms with Gasteiger partial charge in [-0.1, -0.05) is 32.0 Å². The highest BCUT2D eigenvalue weighted by Crippen LogP contribution is 2.19. The Bertz CT molecular complexity index is 445. The van der Waals surface area contributed by atoms with Crippen molar-refractivity contribution in [3.05, 3.63) is 35.9 Å². The molecule has 0 bridgehead atoms. The molecule has 0 aromatic heterocycles. The van der Waals surface area contributed by atoms with Gasteiger partial charge in [0.25, 0.3) is 0 Å². The molecule has 3 nitrogen and oxygen atoms in total. The number of benzene rings is 1. The van der Waals surface area contributed by atoms with Gasteiger partial charge in [0.2, 0.25) is 0 Å². The Morgan fingerprint density at radius 2 is 1.88 bits per heavy atom. The SMILES string of the molecule is CC(=O)Oc1ccccc1/C=C\C(=O)C(C)C. The molecule has 0 aliphatic carbocycles. The maximum Gasteiger partial charge on any atom is 0.308 e. The van der Waals surface area contributed by atoms with E-state index < -0.39 is 0 Å². The molecular formula is C14H16O3. The Labute approximate surface area is 101 Å². The van der Waals surface area contributed by atoms with Crippen LogP contribution in [0.15, 0.2) is 30.3 Å². The van der Waals surface area contributed by atoms with E-state index in [9.17, 15) is 9.59 Å². The average molecular weight is 232 g/mol. The van der Waals surface area contributed by atoms with E-state index in [1.54, 1.807) is 24.3 Å². The molecule has 0 atom stereocenters. The summed E-state index contributed by atoms with van der Waals surface area (Å²) in [4.78, 5) is 22.4. The largest absolute Gasteiger partial charge is 0.426 e. The number of hydrogen-bond donors (Lipinski definition) is 0. The minimum absolute atomic E-state index is 0.0351. The number of allylic oxidation sites excluding steroid dienone is 1. The molecule has 0 unspecified atom stereocenters. The highest BCUT2D eigenvalue weighted by Gasteiger charge is 2.05. The fourth-order valence-corrected chi connectivity index (χ4v) is 1.23. The van der Waals surface area contributed by atoms with E-state index in [4.69, 9.17) is 4.74 Å². The van der Waals surface area contributed by atoms with E-state index in [1.807, 2.05) is 19.9 Å². The highest BCUT2D eigenvalue weighted by atomic mass is 16.5. The molecule has 17 heavy (non-hydrogen) atoms. The quantitative estimate of drug-likeness (QED) is 0.455. The monoisotopic (exact) mass is 232 g/mol. The minimum atomic E-state index is -0.374. The fraction of sp³-hybridized carbons (Fsp3) is 0.286. The molecule has 0 heterocycles. The molecule has 0 fully saturated rings. The highest BCUT2D eigenvalue weighted by molar-refractivity contribution is 5.95. The molecule has 0 saturated heterocycles. The molecule has 0 aliphatic rings. The summed E-state index contributed by atoms with van der Waals surface area (Å²) >= 11 is 0. The molecule has 0 spiro atoms. The van der Waals surface area contributed by atoms with Crippen molar-refractivity contribution < 1.29 is 14.3 Å². The summed E-state index contributed by atoms with van der Waals surface area (Å²) in [7, 11) is 0. The third-order valence-corrected chi connectivity index (χ3v) is 2.17. The smallest absolute Gasteiger partial charge is 0.308 e. The lowest BCUT2D eigenvalue weighted by Crippen LogP contribution is -2.03. The first-order valence-corrected chi connectivity index (χ1v) is 5.50. The van der Waals surface area contributed by atoms with Crippen LogP contribution in [0.5, 0.6) is 5.75 Å². The average Bonchev–Trinajstić information content (AvgIpc) is 2.26. The molecule has 90 valence electrons. The molecule has 0 N–H and O–H groups in total. The lowest BCUT2D eigenvalue weighted by molar-refractivity contribution is -0.131. The van der Waals surface area contributed by atoms with Crippen LogP contribution in [0.4, 0.5) is 0 Å². The summed E-state index contributed by atoms with van der Waals surface area (Å²) in [5, 5.41) is 0. The summed E-state index contributed by atoms with van der Waals surface area (Å²) in [5.74, 6) is 0.101. The fourth-order valence-electron chi connectivity index (χ4n) is 1.23. The maximum absolute atomic E-state index is 11.5.